The largest absolute Gasteiger partial charge is 0.333 e. The minimum atomic E-state index is 0.737. The molecule has 0 aromatic carbocycles. The number of anilines is 1. The Labute approximate surface area is 135 Å². The van der Waals surface area contributed by atoms with Crippen LogP contribution >= 0.6 is 0 Å². The lowest BCUT2D eigenvalue weighted by Crippen LogP contribution is -2.14. The number of aromatic nitrogens is 3. The van der Waals surface area contributed by atoms with Gasteiger partial charge in [-0.15, -0.1) is 0 Å². The van der Waals surface area contributed by atoms with Crippen molar-refractivity contribution in [2.75, 3.05) is 11.4 Å². The van der Waals surface area contributed by atoms with Crippen LogP contribution in [0.1, 0.15) is 17.8 Å². The lowest BCUT2D eigenvalue weighted by Gasteiger charge is -2.15. The van der Waals surface area contributed by atoms with Crippen molar-refractivity contribution < 1.29 is 0 Å². The van der Waals surface area contributed by atoms with Gasteiger partial charge in [-0.25, -0.2) is 9.97 Å². The molecule has 0 saturated carbocycles. The fourth-order valence-corrected chi connectivity index (χ4v) is 2.79. The highest BCUT2D eigenvalue weighted by molar-refractivity contribution is 5.44. The molecule has 0 spiro atoms. The van der Waals surface area contributed by atoms with E-state index in [4.69, 9.17) is 9.97 Å². The van der Waals surface area contributed by atoms with Gasteiger partial charge in [0.1, 0.15) is 11.6 Å². The van der Waals surface area contributed by atoms with Crippen LogP contribution in [0.4, 0.5) is 5.82 Å². The Hall–Kier alpha value is -2.88. The molecular weight excluding hydrogens is 284 g/mol. The molecule has 0 N–H and O–H groups in total. The molecule has 4 rings (SSSR count). The molecule has 0 unspecified atom stereocenters. The summed E-state index contributed by atoms with van der Waals surface area (Å²) in [5.74, 6) is 1.95. The van der Waals surface area contributed by atoms with Gasteiger partial charge in [-0.05, 0) is 42.8 Å². The highest BCUT2D eigenvalue weighted by Crippen LogP contribution is 2.18. The van der Waals surface area contributed by atoms with E-state index >= 15 is 0 Å². The Bertz CT molecular complexity index is 821. The van der Waals surface area contributed by atoms with Crippen molar-refractivity contribution >= 4 is 5.82 Å². The molecule has 1 aliphatic rings. The fourth-order valence-electron chi connectivity index (χ4n) is 2.79. The lowest BCUT2D eigenvalue weighted by molar-refractivity contribution is 0.927. The number of rotatable bonds is 4. The number of hydrogen-bond acceptors (Lipinski definition) is 3. The highest BCUT2D eigenvalue weighted by atomic mass is 15.2. The molecule has 3 aromatic heterocycles. The maximum Gasteiger partial charge on any atom is 0.136 e. The van der Waals surface area contributed by atoms with E-state index in [-0.39, 0.29) is 0 Å². The van der Waals surface area contributed by atoms with Crippen LogP contribution in [-0.2, 0) is 6.42 Å². The lowest BCUT2D eigenvalue weighted by atomic mass is 10.2. The summed E-state index contributed by atoms with van der Waals surface area (Å²) in [4.78, 5) is 11.7. The van der Waals surface area contributed by atoms with Crippen molar-refractivity contribution in [3.05, 3.63) is 84.6 Å². The van der Waals surface area contributed by atoms with E-state index in [2.05, 4.69) is 41.4 Å². The summed E-state index contributed by atoms with van der Waals surface area (Å²) in [6.07, 6.45) is 10.1. The van der Waals surface area contributed by atoms with Gasteiger partial charge in [0, 0.05) is 42.9 Å². The zero-order valence-electron chi connectivity index (χ0n) is 12.8. The summed E-state index contributed by atoms with van der Waals surface area (Å²) in [5, 5.41) is 0. The summed E-state index contributed by atoms with van der Waals surface area (Å²) in [6, 6.07) is 16.3. The number of nitrogens with zero attached hydrogens (tertiary/aromatic N) is 4. The van der Waals surface area contributed by atoms with E-state index < -0.39 is 0 Å². The third-order valence-electron chi connectivity index (χ3n) is 3.93. The minimum absolute atomic E-state index is 0.737. The first-order chi connectivity index (χ1) is 11.4. The summed E-state index contributed by atoms with van der Waals surface area (Å²) in [6.45, 7) is 1.01. The fraction of sp³-hybridized carbons (Fsp3) is 0.158. The average molecular weight is 302 g/mol. The van der Waals surface area contributed by atoms with Gasteiger partial charge >= 0.3 is 0 Å². The summed E-state index contributed by atoms with van der Waals surface area (Å²) in [5.41, 5.74) is 2.07. The van der Waals surface area contributed by atoms with Crippen molar-refractivity contribution in [1.29, 1.82) is 0 Å². The Morgan fingerprint density at radius 2 is 1.52 bits per heavy atom. The van der Waals surface area contributed by atoms with Gasteiger partial charge in [0.25, 0.3) is 0 Å². The average Bonchev–Trinajstić information content (AvgIpc) is 3.29. The van der Waals surface area contributed by atoms with Crippen LogP contribution in [0.2, 0.25) is 0 Å². The van der Waals surface area contributed by atoms with Crippen LogP contribution in [0.3, 0.4) is 0 Å². The van der Waals surface area contributed by atoms with Crippen molar-refractivity contribution in [3.63, 3.8) is 0 Å². The Morgan fingerprint density at radius 3 is 2.22 bits per heavy atom. The zero-order valence-corrected chi connectivity index (χ0v) is 12.8. The van der Waals surface area contributed by atoms with E-state index in [1.165, 1.54) is 0 Å². The third kappa shape index (κ3) is 3.01. The van der Waals surface area contributed by atoms with E-state index in [0.717, 1.165) is 42.4 Å². The monoisotopic (exact) mass is 302 g/mol. The molecule has 0 amide bonds. The smallest absolute Gasteiger partial charge is 0.136 e. The second-order valence-corrected chi connectivity index (χ2v) is 5.61. The van der Waals surface area contributed by atoms with E-state index in [0.29, 0.717) is 0 Å². The summed E-state index contributed by atoms with van der Waals surface area (Å²) >= 11 is 0. The van der Waals surface area contributed by atoms with E-state index in [1.54, 1.807) is 0 Å². The highest BCUT2D eigenvalue weighted by Gasteiger charge is 2.09. The van der Waals surface area contributed by atoms with Crippen molar-refractivity contribution in [3.8, 4) is 5.82 Å². The first-order valence-electron chi connectivity index (χ1n) is 7.87. The van der Waals surface area contributed by atoms with Crippen LogP contribution < -0.4 is 4.90 Å². The van der Waals surface area contributed by atoms with Crippen LogP contribution in [0, 0.1) is 0 Å². The van der Waals surface area contributed by atoms with Crippen molar-refractivity contribution in [1.82, 2.24) is 14.5 Å². The Kier molecular flexibility index (Phi) is 3.64. The third-order valence-corrected chi connectivity index (χ3v) is 3.93. The van der Waals surface area contributed by atoms with E-state index in [9.17, 15) is 0 Å². The standard InChI is InChI=1S/C19H18N4/c1-2-12-22(11-1)18-9-5-7-16(20-18)15-17-8-6-10-19(21-17)23-13-3-4-14-23/h1-3,5-13H,4,14-15H2. The molecule has 4 nitrogen and oxygen atoms in total. The predicted octanol–water partition coefficient (Wildman–Crippen LogP) is 3.58. The molecule has 0 atom stereocenters. The molecule has 1 aliphatic heterocycles. The van der Waals surface area contributed by atoms with Crippen LogP contribution in [0.5, 0.6) is 0 Å². The molecule has 0 fully saturated rings. The van der Waals surface area contributed by atoms with Crippen LogP contribution in [0.15, 0.2) is 73.2 Å². The van der Waals surface area contributed by atoms with Gasteiger partial charge in [-0.3, -0.25) is 0 Å². The Morgan fingerprint density at radius 1 is 0.826 bits per heavy atom. The molecule has 0 bridgehead atoms. The van der Waals surface area contributed by atoms with Gasteiger partial charge in [0.2, 0.25) is 0 Å². The van der Waals surface area contributed by atoms with E-state index in [1.807, 2.05) is 41.2 Å². The number of pyridine rings is 2. The first kappa shape index (κ1) is 13.8. The summed E-state index contributed by atoms with van der Waals surface area (Å²) in [7, 11) is 0. The SMILES string of the molecule is C1=CN(c2cccc(Cc3cccc(-n4cccc4)n3)n2)CC1. The molecule has 0 radical (unpaired) electrons. The van der Waals surface area contributed by atoms with Crippen molar-refractivity contribution in [2.45, 2.75) is 12.8 Å². The van der Waals surface area contributed by atoms with Gasteiger partial charge < -0.3 is 9.47 Å². The first-order valence-corrected chi connectivity index (χ1v) is 7.87. The molecule has 4 heteroatoms. The number of hydrogen-bond donors (Lipinski definition) is 0. The van der Waals surface area contributed by atoms with Gasteiger partial charge in [-0.2, -0.15) is 0 Å². The molecular formula is C19H18N4. The molecule has 3 aromatic rings. The summed E-state index contributed by atoms with van der Waals surface area (Å²) < 4.78 is 2.02. The van der Waals surface area contributed by atoms with Gasteiger partial charge in [0.15, 0.2) is 0 Å². The van der Waals surface area contributed by atoms with Crippen molar-refractivity contribution in [2.24, 2.45) is 0 Å². The molecule has 0 saturated heterocycles. The molecule has 0 aliphatic carbocycles. The van der Waals surface area contributed by atoms with Crippen LogP contribution in [-0.4, -0.2) is 21.1 Å². The van der Waals surface area contributed by atoms with Crippen LogP contribution in [0.25, 0.3) is 5.82 Å². The maximum atomic E-state index is 4.77. The van der Waals surface area contributed by atoms with Gasteiger partial charge in [0.05, 0.1) is 0 Å². The van der Waals surface area contributed by atoms with Gasteiger partial charge in [-0.1, -0.05) is 18.2 Å². The second-order valence-electron chi connectivity index (χ2n) is 5.61. The molecule has 4 heterocycles. The quantitative estimate of drug-likeness (QED) is 0.738. The maximum absolute atomic E-state index is 4.77. The predicted molar refractivity (Wildman–Crippen MR) is 91.7 cm³/mol. The Balaban J connectivity index is 1.57. The topological polar surface area (TPSA) is 34.0 Å². The minimum Gasteiger partial charge on any atom is -0.333 e. The second kappa shape index (κ2) is 6.08. The molecule has 23 heavy (non-hydrogen) atoms. The zero-order chi connectivity index (χ0) is 15.5. The molecule has 114 valence electrons. The normalized spacial score (nSPS) is 13.7.